The molecule has 32 heavy (non-hydrogen) atoms. The van der Waals surface area contributed by atoms with Gasteiger partial charge in [-0.25, -0.2) is 9.78 Å². The van der Waals surface area contributed by atoms with E-state index in [1.54, 1.807) is 6.07 Å². The molecule has 6 nitrogen and oxygen atoms in total. The van der Waals surface area contributed by atoms with Crippen molar-refractivity contribution in [3.05, 3.63) is 76.3 Å². The van der Waals surface area contributed by atoms with Crippen LogP contribution in [0.4, 0.5) is 0 Å². The molecule has 0 aliphatic carbocycles. The van der Waals surface area contributed by atoms with Crippen molar-refractivity contribution in [1.29, 1.82) is 0 Å². The van der Waals surface area contributed by atoms with Gasteiger partial charge in [0.2, 0.25) is 6.29 Å². The molecule has 3 aromatic rings. The lowest BCUT2D eigenvalue weighted by atomic mass is 9.98. The molecule has 1 aromatic heterocycles. The number of aromatic nitrogens is 2. The molecule has 1 fully saturated rings. The molecule has 0 N–H and O–H groups in total. The molecule has 0 unspecified atom stereocenters. The maximum atomic E-state index is 12.1. The van der Waals surface area contributed by atoms with E-state index in [4.69, 9.17) is 25.8 Å². The highest BCUT2D eigenvalue weighted by Crippen LogP contribution is 2.32. The number of unbranched alkanes of at least 4 members (excludes halogenated alkanes) is 1. The summed E-state index contributed by atoms with van der Waals surface area (Å²) in [7, 11) is 1.39. The number of rotatable bonds is 8. The summed E-state index contributed by atoms with van der Waals surface area (Å²) in [5, 5.41) is 0.437. The van der Waals surface area contributed by atoms with Crippen molar-refractivity contribution in [2.45, 2.75) is 39.0 Å². The SMILES string of the molecule is CCCCc1nc(Cl)c(C2OCCO2)n1Cc1ccc(-c2ccccc2C(=O)OC)cc1. The zero-order chi connectivity index (χ0) is 22.5. The second kappa shape index (κ2) is 10.3. The van der Waals surface area contributed by atoms with Crippen molar-refractivity contribution in [1.82, 2.24) is 9.55 Å². The smallest absolute Gasteiger partial charge is 0.338 e. The molecule has 1 aliphatic rings. The van der Waals surface area contributed by atoms with Crippen molar-refractivity contribution >= 4 is 17.6 Å². The normalized spacial score (nSPS) is 14.1. The number of benzene rings is 2. The lowest BCUT2D eigenvalue weighted by Gasteiger charge is -2.16. The van der Waals surface area contributed by atoms with Crippen LogP contribution in [0, 0.1) is 0 Å². The minimum Gasteiger partial charge on any atom is -0.465 e. The van der Waals surface area contributed by atoms with Gasteiger partial charge in [-0.15, -0.1) is 0 Å². The minimum atomic E-state index is -0.489. The minimum absolute atomic E-state index is 0.348. The Morgan fingerprint density at radius 1 is 1.16 bits per heavy atom. The molecule has 0 saturated carbocycles. The summed E-state index contributed by atoms with van der Waals surface area (Å²) in [6.45, 7) is 3.86. The first kappa shape index (κ1) is 22.5. The Kier molecular flexibility index (Phi) is 7.25. The lowest BCUT2D eigenvalue weighted by Crippen LogP contribution is -2.13. The molecule has 2 aromatic carbocycles. The number of hydrogen-bond acceptors (Lipinski definition) is 5. The number of carbonyl (C=O) groups is 1. The fraction of sp³-hybridized carbons (Fsp3) is 0.360. The van der Waals surface area contributed by atoms with Gasteiger partial charge in [-0.2, -0.15) is 0 Å². The zero-order valence-corrected chi connectivity index (χ0v) is 19.1. The van der Waals surface area contributed by atoms with Gasteiger partial charge >= 0.3 is 5.97 Å². The fourth-order valence-corrected chi connectivity index (χ4v) is 4.21. The van der Waals surface area contributed by atoms with Crippen molar-refractivity contribution in [3.63, 3.8) is 0 Å². The van der Waals surface area contributed by atoms with Gasteiger partial charge in [-0.05, 0) is 29.2 Å². The predicted octanol–water partition coefficient (Wildman–Crippen LogP) is 5.43. The van der Waals surface area contributed by atoms with Crippen LogP contribution in [0.15, 0.2) is 48.5 Å². The van der Waals surface area contributed by atoms with Crippen LogP contribution in [-0.2, 0) is 27.2 Å². The molecule has 0 bridgehead atoms. The first-order chi connectivity index (χ1) is 15.6. The molecular formula is C25H27ClN2O4. The van der Waals surface area contributed by atoms with Gasteiger partial charge in [0.25, 0.3) is 0 Å². The van der Waals surface area contributed by atoms with Crippen molar-refractivity contribution in [2.24, 2.45) is 0 Å². The van der Waals surface area contributed by atoms with E-state index in [-0.39, 0.29) is 5.97 Å². The summed E-state index contributed by atoms with van der Waals surface area (Å²) in [5.41, 5.74) is 4.20. The second-order valence-electron chi connectivity index (χ2n) is 7.70. The third-order valence-electron chi connectivity index (χ3n) is 5.58. The van der Waals surface area contributed by atoms with Gasteiger partial charge in [0.1, 0.15) is 11.5 Å². The number of esters is 1. The average molecular weight is 455 g/mol. The van der Waals surface area contributed by atoms with Gasteiger partial charge in [0, 0.05) is 13.0 Å². The Bertz CT molecular complexity index is 1070. The highest BCUT2D eigenvalue weighted by atomic mass is 35.5. The van der Waals surface area contributed by atoms with E-state index in [0.29, 0.717) is 30.5 Å². The van der Waals surface area contributed by atoms with Crippen molar-refractivity contribution < 1.29 is 19.0 Å². The predicted molar refractivity (Wildman–Crippen MR) is 123 cm³/mol. The summed E-state index contributed by atoms with van der Waals surface area (Å²) in [6.07, 6.45) is 2.46. The molecule has 168 valence electrons. The van der Waals surface area contributed by atoms with Crippen LogP contribution < -0.4 is 0 Å². The number of aryl methyl sites for hydroxylation is 1. The molecule has 1 aliphatic heterocycles. The quantitative estimate of drug-likeness (QED) is 0.425. The third kappa shape index (κ3) is 4.72. The molecule has 0 spiro atoms. The topological polar surface area (TPSA) is 62.6 Å². The van der Waals surface area contributed by atoms with E-state index in [0.717, 1.165) is 47.5 Å². The molecule has 0 radical (unpaired) electrons. The monoisotopic (exact) mass is 454 g/mol. The summed E-state index contributed by atoms with van der Waals surface area (Å²) in [6, 6.07) is 15.6. The molecular weight excluding hydrogens is 428 g/mol. The van der Waals surface area contributed by atoms with Crippen molar-refractivity contribution in [2.75, 3.05) is 20.3 Å². The molecule has 2 heterocycles. The van der Waals surface area contributed by atoms with Gasteiger partial charge in [-0.3, -0.25) is 0 Å². The Morgan fingerprint density at radius 3 is 2.56 bits per heavy atom. The number of carbonyl (C=O) groups excluding carboxylic acids is 1. The summed E-state index contributed by atoms with van der Waals surface area (Å²) >= 11 is 6.51. The fourth-order valence-electron chi connectivity index (χ4n) is 3.92. The Labute approximate surface area is 193 Å². The van der Waals surface area contributed by atoms with Crippen LogP contribution in [0.25, 0.3) is 11.1 Å². The molecule has 0 amide bonds. The number of imidazole rings is 1. The molecule has 7 heteroatoms. The number of ether oxygens (including phenoxy) is 3. The maximum absolute atomic E-state index is 12.1. The number of methoxy groups -OCH3 is 1. The first-order valence-electron chi connectivity index (χ1n) is 10.9. The lowest BCUT2D eigenvalue weighted by molar-refractivity contribution is -0.0495. The first-order valence-corrected chi connectivity index (χ1v) is 11.2. The highest BCUT2D eigenvalue weighted by Gasteiger charge is 2.28. The van der Waals surface area contributed by atoms with Gasteiger partial charge in [0.05, 0.1) is 25.9 Å². The van der Waals surface area contributed by atoms with Gasteiger partial charge in [-0.1, -0.05) is 67.4 Å². The van der Waals surface area contributed by atoms with Crippen LogP contribution in [0.1, 0.15) is 53.5 Å². The Balaban J connectivity index is 1.63. The van der Waals surface area contributed by atoms with E-state index in [2.05, 4.69) is 28.6 Å². The second-order valence-corrected chi connectivity index (χ2v) is 8.06. The van der Waals surface area contributed by atoms with Crippen LogP contribution in [0.3, 0.4) is 0 Å². The van der Waals surface area contributed by atoms with Crippen LogP contribution in [-0.4, -0.2) is 35.8 Å². The van der Waals surface area contributed by atoms with E-state index in [1.807, 2.05) is 30.3 Å². The van der Waals surface area contributed by atoms with E-state index in [9.17, 15) is 4.79 Å². The number of halogens is 1. The Morgan fingerprint density at radius 2 is 1.88 bits per heavy atom. The summed E-state index contributed by atoms with van der Waals surface area (Å²) in [5.74, 6) is 0.588. The van der Waals surface area contributed by atoms with Gasteiger partial charge in [0.15, 0.2) is 5.15 Å². The van der Waals surface area contributed by atoms with E-state index >= 15 is 0 Å². The highest BCUT2D eigenvalue weighted by molar-refractivity contribution is 6.30. The third-order valence-corrected chi connectivity index (χ3v) is 5.86. The molecule has 0 atom stereocenters. The summed E-state index contributed by atoms with van der Waals surface area (Å²) < 4.78 is 18.5. The van der Waals surface area contributed by atoms with E-state index < -0.39 is 6.29 Å². The number of hydrogen-bond donors (Lipinski definition) is 0. The maximum Gasteiger partial charge on any atom is 0.338 e. The van der Waals surface area contributed by atoms with Crippen LogP contribution >= 0.6 is 11.6 Å². The van der Waals surface area contributed by atoms with Gasteiger partial charge < -0.3 is 18.8 Å². The van der Waals surface area contributed by atoms with Crippen LogP contribution in [0.5, 0.6) is 0 Å². The average Bonchev–Trinajstić information content (AvgIpc) is 3.45. The number of nitrogens with zero attached hydrogens (tertiary/aromatic N) is 2. The van der Waals surface area contributed by atoms with Crippen LogP contribution in [0.2, 0.25) is 5.15 Å². The van der Waals surface area contributed by atoms with Crippen molar-refractivity contribution in [3.8, 4) is 11.1 Å². The molecule has 4 rings (SSSR count). The summed E-state index contributed by atoms with van der Waals surface area (Å²) in [4.78, 5) is 16.7. The molecule has 1 saturated heterocycles. The Hall–Kier alpha value is -2.67. The standard InChI is InChI=1S/C25H27ClN2O4/c1-3-4-9-21-27-23(26)22(25-31-14-15-32-25)28(21)16-17-10-12-18(13-11-17)19-7-5-6-8-20(19)24(29)30-2/h5-8,10-13,25H,3-4,9,14-16H2,1-2H3. The van der Waals surface area contributed by atoms with E-state index in [1.165, 1.54) is 7.11 Å². The largest absolute Gasteiger partial charge is 0.465 e. The zero-order valence-electron chi connectivity index (χ0n) is 18.3.